The SMILES string of the molecule is CCC(CC(=O)O)NC(=O)NCCC1CCCCC1. The molecule has 1 fully saturated rings. The number of rotatable bonds is 7. The van der Waals surface area contributed by atoms with E-state index in [2.05, 4.69) is 10.6 Å². The summed E-state index contributed by atoms with van der Waals surface area (Å²) in [5.41, 5.74) is 0. The number of aliphatic carboxylic acids is 1. The van der Waals surface area contributed by atoms with Crippen LogP contribution in [0.15, 0.2) is 0 Å². The summed E-state index contributed by atoms with van der Waals surface area (Å²) in [6.45, 7) is 2.55. The maximum atomic E-state index is 11.6. The van der Waals surface area contributed by atoms with Gasteiger partial charge in [0, 0.05) is 12.6 Å². The van der Waals surface area contributed by atoms with Crippen molar-refractivity contribution in [2.24, 2.45) is 5.92 Å². The zero-order chi connectivity index (χ0) is 14.1. The Balaban J connectivity index is 2.13. The van der Waals surface area contributed by atoms with Crippen LogP contribution in [0.3, 0.4) is 0 Å². The van der Waals surface area contributed by atoms with Crippen molar-refractivity contribution in [3.8, 4) is 0 Å². The minimum Gasteiger partial charge on any atom is -0.481 e. The predicted molar refractivity (Wildman–Crippen MR) is 74.1 cm³/mol. The lowest BCUT2D eigenvalue weighted by Gasteiger charge is -2.22. The Morgan fingerprint density at radius 1 is 1.26 bits per heavy atom. The fourth-order valence-corrected chi connectivity index (χ4v) is 2.61. The first kappa shape index (κ1) is 15.8. The van der Waals surface area contributed by atoms with Crippen molar-refractivity contribution in [3.05, 3.63) is 0 Å². The number of hydrogen-bond donors (Lipinski definition) is 3. The minimum absolute atomic E-state index is 0.0213. The molecule has 0 radical (unpaired) electrons. The Morgan fingerprint density at radius 3 is 2.53 bits per heavy atom. The van der Waals surface area contributed by atoms with E-state index in [-0.39, 0.29) is 18.5 Å². The van der Waals surface area contributed by atoms with Crippen LogP contribution in [0.1, 0.15) is 58.3 Å². The van der Waals surface area contributed by atoms with Gasteiger partial charge in [-0.05, 0) is 18.8 Å². The molecule has 0 aromatic rings. The zero-order valence-electron chi connectivity index (χ0n) is 11.8. The van der Waals surface area contributed by atoms with Crippen molar-refractivity contribution >= 4 is 12.0 Å². The highest BCUT2D eigenvalue weighted by molar-refractivity contribution is 5.75. The number of amides is 2. The van der Waals surface area contributed by atoms with E-state index in [1.807, 2.05) is 6.92 Å². The number of carboxylic acid groups (broad SMARTS) is 1. The zero-order valence-corrected chi connectivity index (χ0v) is 11.8. The summed E-state index contributed by atoms with van der Waals surface area (Å²) in [5, 5.41) is 14.2. The highest BCUT2D eigenvalue weighted by Crippen LogP contribution is 2.25. The molecule has 0 aromatic heterocycles. The molecule has 110 valence electrons. The summed E-state index contributed by atoms with van der Waals surface area (Å²) in [5.74, 6) is -0.135. The van der Waals surface area contributed by atoms with Crippen LogP contribution in [-0.4, -0.2) is 29.7 Å². The Hall–Kier alpha value is -1.26. The van der Waals surface area contributed by atoms with Crippen LogP contribution in [0, 0.1) is 5.92 Å². The number of nitrogens with one attached hydrogen (secondary N) is 2. The van der Waals surface area contributed by atoms with Gasteiger partial charge in [-0.15, -0.1) is 0 Å². The monoisotopic (exact) mass is 270 g/mol. The standard InChI is InChI=1S/C14H26N2O3/c1-2-12(10-13(17)18)16-14(19)15-9-8-11-6-4-3-5-7-11/h11-12H,2-10H2,1H3,(H,17,18)(H2,15,16,19). The van der Waals surface area contributed by atoms with E-state index in [9.17, 15) is 9.59 Å². The molecule has 19 heavy (non-hydrogen) atoms. The quantitative estimate of drug-likeness (QED) is 0.665. The molecule has 5 nitrogen and oxygen atoms in total. The molecule has 0 aliphatic heterocycles. The average molecular weight is 270 g/mol. The minimum atomic E-state index is -0.880. The van der Waals surface area contributed by atoms with Crippen LogP contribution in [0.25, 0.3) is 0 Å². The Morgan fingerprint density at radius 2 is 1.95 bits per heavy atom. The predicted octanol–water partition coefficient (Wildman–Crippen LogP) is 2.51. The average Bonchev–Trinajstić information content (AvgIpc) is 2.38. The third-order valence-electron chi connectivity index (χ3n) is 3.81. The first-order valence-electron chi connectivity index (χ1n) is 7.38. The first-order chi connectivity index (χ1) is 9.11. The summed E-state index contributed by atoms with van der Waals surface area (Å²) in [6, 6.07) is -0.531. The maximum absolute atomic E-state index is 11.6. The smallest absolute Gasteiger partial charge is 0.315 e. The number of urea groups is 1. The van der Waals surface area contributed by atoms with Crippen LogP contribution in [-0.2, 0) is 4.79 Å². The van der Waals surface area contributed by atoms with E-state index in [0.29, 0.717) is 13.0 Å². The van der Waals surface area contributed by atoms with Crippen LogP contribution in [0.4, 0.5) is 4.79 Å². The molecular formula is C14H26N2O3. The molecule has 0 aromatic carbocycles. The molecule has 1 rings (SSSR count). The summed E-state index contributed by atoms with van der Waals surface area (Å²) in [7, 11) is 0. The third-order valence-corrected chi connectivity index (χ3v) is 3.81. The fraction of sp³-hybridized carbons (Fsp3) is 0.857. The van der Waals surface area contributed by atoms with Crippen LogP contribution in [0.2, 0.25) is 0 Å². The largest absolute Gasteiger partial charge is 0.481 e. The van der Waals surface area contributed by atoms with Crippen molar-refractivity contribution in [1.29, 1.82) is 0 Å². The maximum Gasteiger partial charge on any atom is 0.315 e. The molecule has 0 spiro atoms. The first-order valence-corrected chi connectivity index (χ1v) is 7.38. The molecule has 1 atom stereocenters. The summed E-state index contributed by atoms with van der Waals surface area (Å²) < 4.78 is 0. The highest BCUT2D eigenvalue weighted by Gasteiger charge is 2.15. The van der Waals surface area contributed by atoms with Gasteiger partial charge in [-0.25, -0.2) is 4.79 Å². The van der Waals surface area contributed by atoms with Gasteiger partial charge in [-0.3, -0.25) is 4.79 Å². The van der Waals surface area contributed by atoms with Gasteiger partial charge in [-0.1, -0.05) is 39.0 Å². The van der Waals surface area contributed by atoms with Crippen molar-refractivity contribution in [3.63, 3.8) is 0 Å². The number of hydrogen-bond acceptors (Lipinski definition) is 2. The van der Waals surface area contributed by atoms with Gasteiger partial charge in [-0.2, -0.15) is 0 Å². The summed E-state index contributed by atoms with van der Waals surface area (Å²) in [6.07, 6.45) is 8.16. The second-order valence-corrected chi connectivity index (χ2v) is 5.40. The number of carbonyl (C=O) groups is 2. The van der Waals surface area contributed by atoms with Gasteiger partial charge in [0.15, 0.2) is 0 Å². The molecule has 2 amide bonds. The molecule has 1 saturated carbocycles. The van der Waals surface area contributed by atoms with E-state index in [1.54, 1.807) is 0 Å². The van der Waals surface area contributed by atoms with Crippen molar-refractivity contribution < 1.29 is 14.7 Å². The van der Waals surface area contributed by atoms with E-state index in [1.165, 1.54) is 32.1 Å². The van der Waals surface area contributed by atoms with E-state index >= 15 is 0 Å². The number of carboxylic acids is 1. The van der Waals surface area contributed by atoms with Gasteiger partial charge in [0.2, 0.25) is 0 Å². The van der Waals surface area contributed by atoms with Gasteiger partial charge in [0.25, 0.3) is 0 Å². The lowest BCUT2D eigenvalue weighted by Crippen LogP contribution is -2.43. The molecule has 1 unspecified atom stereocenters. The number of carbonyl (C=O) groups excluding carboxylic acids is 1. The summed E-state index contributed by atoms with van der Waals surface area (Å²) >= 11 is 0. The lowest BCUT2D eigenvalue weighted by atomic mass is 9.87. The molecular weight excluding hydrogens is 244 g/mol. The highest BCUT2D eigenvalue weighted by atomic mass is 16.4. The molecule has 0 bridgehead atoms. The van der Waals surface area contributed by atoms with Crippen molar-refractivity contribution in [2.45, 2.75) is 64.3 Å². The van der Waals surface area contributed by atoms with Crippen LogP contribution >= 0.6 is 0 Å². The topological polar surface area (TPSA) is 78.4 Å². The molecule has 0 saturated heterocycles. The van der Waals surface area contributed by atoms with Gasteiger partial charge in [0.1, 0.15) is 0 Å². The Bertz CT molecular complexity index is 288. The Kier molecular flexibility index (Phi) is 7.30. The van der Waals surface area contributed by atoms with Crippen molar-refractivity contribution in [1.82, 2.24) is 10.6 Å². The van der Waals surface area contributed by atoms with E-state index in [4.69, 9.17) is 5.11 Å². The van der Waals surface area contributed by atoms with Crippen LogP contribution < -0.4 is 10.6 Å². The fourth-order valence-electron chi connectivity index (χ4n) is 2.61. The molecule has 1 aliphatic carbocycles. The Labute approximate surface area is 115 Å². The normalized spacial score (nSPS) is 17.7. The van der Waals surface area contributed by atoms with Crippen LogP contribution in [0.5, 0.6) is 0 Å². The third kappa shape index (κ3) is 7.03. The van der Waals surface area contributed by atoms with E-state index < -0.39 is 5.97 Å². The summed E-state index contributed by atoms with van der Waals surface area (Å²) in [4.78, 5) is 22.2. The van der Waals surface area contributed by atoms with Gasteiger partial charge < -0.3 is 15.7 Å². The second kappa shape index (κ2) is 8.77. The van der Waals surface area contributed by atoms with Crippen molar-refractivity contribution in [2.75, 3.05) is 6.54 Å². The van der Waals surface area contributed by atoms with Gasteiger partial charge >= 0.3 is 12.0 Å². The molecule has 0 heterocycles. The lowest BCUT2D eigenvalue weighted by molar-refractivity contribution is -0.137. The molecule has 1 aliphatic rings. The van der Waals surface area contributed by atoms with Gasteiger partial charge in [0.05, 0.1) is 6.42 Å². The second-order valence-electron chi connectivity index (χ2n) is 5.40. The molecule has 3 N–H and O–H groups in total. The molecule has 5 heteroatoms. The van der Waals surface area contributed by atoms with E-state index in [0.717, 1.165) is 12.3 Å².